The van der Waals surface area contributed by atoms with E-state index in [2.05, 4.69) is 21.8 Å². The predicted octanol–water partition coefficient (Wildman–Crippen LogP) is 2.43. The van der Waals surface area contributed by atoms with Gasteiger partial charge >= 0.3 is 19.4 Å². The topological polar surface area (TPSA) is 171 Å². The number of rotatable bonds is 13. The number of nitrogens with one attached hydrogen (secondary N) is 2. The Morgan fingerprint density at radius 1 is 1.36 bits per heavy atom. The molecule has 1 aromatic carbocycles. The first-order valence-electron chi connectivity index (χ1n) is 12.2. The molecule has 3 N–H and O–H groups in total. The maximum Gasteiger partial charge on any atom is 0.459 e. The van der Waals surface area contributed by atoms with Crippen molar-refractivity contribution in [1.29, 1.82) is 0 Å². The minimum Gasteiger partial charge on any atom is -0.465 e. The van der Waals surface area contributed by atoms with Gasteiger partial charge in [0.05, 0.1) is 13.2 Å². The largest absolute Gasteiger partial charge is 0.465 e. The van der Waals surface area contributed by atoms with E-state index < -0.39 is 61.6 Å². The minimum absolute atomic E-state index is 0.130. The van der Waals surface area contributed by atoms with Crippen LogP contribution in [0.25, 0.3) is 0 Å². The van der Waals surface area contributed by atoms with Crippen molar-refractivity contribution in [2.75, 3.05) is 13.2 Å². The van der Waals surface area contributed by atoms with E-state index in [4.69, 9.17) is 30.1 Å². The summed E-state index contributed by atoms with van der Waals surface area (Å²) < 4.78 is 37.1. The Hall–Kier alpha value is -2.80. The van der Waals surface area contributed by atoms with Gasteiger partial charge in [0.2, 0.25) is 0 Å². The summed E-state index contributed by atoms with van der Waals surface area (Å²) in [7, 11) is -4.29. The lowest BCUT2D eigenvalue weighted by molar-refractivity contribution is -0.145. The van der Waals surface area contributed by atoms with Crippen LogP contribution in [0.3, 0.4) is 0 Å². The molecule has 1 aromatic heterocycles. The third-order valence-electron chi connectivity index (χ3n) is 6.09. The Labute approximate surface area is 229 Å². The van der Waals surface area contributed by atoms with Gasteiger partial charge in [-0.1, -0.05) is 24.9 Å². The lowest BCUT2D eigenvalue weighted by Crippen LogP contribution is -2.45. The van der Waals surface area contributed by atoms with Gasteiger partial charge in [-0.15, -0.1) is 0 Å². The molecule has 214 valence electrons. The number of ether oxygens (including phenoxy) is 2. The zero-order valence-corrected chi connectivity index (χ0v) is 23.4. The van der Waals surface area contributed by atoms with Gasteiger partial charge in [-0.25, -0.2) is 9.36 Å². The first-order chi connectivity index (χ1) is 18.4. The highest BCUT2D eigenvalue weighted by atomic mass is 35.5. The molecular formula is C24H32ClN4O9P. The fraction of sp³-hybridized carbons (Fsp3) is 0.500. The van der Waals surface area contributed by atoms with Gasteiger partial charge in [0, 0.05) is 17.3 Å². The van der Waals surface area contributed by atoms with Crippen molar-refractivity contribution in [3.05, 3.63) is 62.4 Å². The lowest BCUT2D eigenvalue weighted by atomic mass is 9.93. The third-order valence-corrected chi connectivity index (χ3v) is 7.99. The molecule has 0 bridgehead atoms. The predicted molar refractivity (Wildman–Crippen MR) is 143 cm³/mol. The monoisotopic (exact) mass is 586 g/mol. The van der Waals surface area contributed by atoms with E-state index in [1.807, 2.05) is 6.92 Å². The number of H-pyrrole nitrogens is 1. The Bertz CT molecular complexity index is 1320. The summed E-state index contributed by atoms with van der Waals surface area (Å²) in [6.07, 6.45) is -1.03. The molecule has 0 aliphatic carbocycles. The van der Waals surface area contributed by atoms with Gasteiger partial charge in [-0.2, -0.15) is 5.09 Å². The zero-order valence-electron chi connectivity index (χ0n) is 21.7. The first-order valence-corrected chi connectivity index (χ1v) is 14.1. The second-order valence-electron chi connectivity index (χ2n) is 9.08. The summed E-state index contributed by atoms with van der Waals surface area (Å²) in [6.45, 7) is 8.10. The molecule has 3 rings (SSSR count). The standard InChI is InChI=1S/C24H32ClN4O9P/c1-5-6-13-35-21(32)15(2)28-39(34,38-17-9-7-16(25)8-10-17)36-14-18-20(31)24(3,26-4)22(37-18)29-12-11-19(30)27-23(29)33/h7-12,15,18,20,22,31H,4-6,13-14H2,1-3H3,(H,28,34)(H,27,30,33)/t15-,18+,20+,22+,24+,39?/m0/s1. The van der Waals surface area contributed by atoms with Crippen molar-refractivity contribution >= 4 is 32.0 Å². The zero-order chi connectivity index (χ0) is 28.8. The van der Waals surface area contributed by atoms with Crippen LogP contribution in [-0.4, -0.2) is 64.3 Å². The second-order valence-corrected chi connectivity index (χ2v) is 11.2. The number of aliphatic imine (C=N–C) groups is 1. The number of halogens is 1. The summed E-state index contributed by atoms with van der Waals surface area (Å²) in [5.41, 5.74) is -2.84. The smallest absolute Gasteiger partial charge is 0.459 e. The van der Waals surface area contributed by atoms with Crippen LogP contribution in [-0.2, 0) is 23.4 Å². The molecule has 1 fully saturated rings. The number of benzene rings is 1. The number of aliphatic hydroxyl groups is 1. The molecule has 0 spiro atoms. The number of carbonyl (C=O) groups excluding carboxylic acids is 1. The molecule has 0 saturated carbocycles. The van der Waals surface area contributed by atoms with Crippen LogP contribution in [0.4, 0.5) is 0 Å². The Morgan fingerprint density at radius 2 is 2.05 bits per heavy atom. The number of aromatic amines is 1. The third kappa shape index (κ3) is 7.44. The van der Waals surface area contributed by atoms with E-state index in [1.54, 1.807) is 0 Å². The fourth-order valence-electron chi connectivity index (χ4n) is 3.79. The molecule has 1 aliphatic rings. The molecule has 0 amide bonds. The first kappa shape index (κ1) is 30.7. The number of unbranched alkanes of at least 4 members (excludes halogenated alkanes) is 1. The Balaban J connectivity index is 1.82. The normalized spacial score (nSPS) is 25.0. The number of nitrogens with zero attached hydrogens (tertiary/aromatic N) is 2. The average Bonchev–Trinajstić information content (AvgIpc) is 3.14. The van der Waals surface area contributed by atoms with Gasteiger partial charge in [0.15, 0.2) is 6.23 Å². The highest BCUT2D eigenvalue weighted by Gasteiger charge is 2.54. The van der Waals surface area contributed by atoms with Gasteiger partial charge in [0.25, 0.3) is 5.56 Å². The number of carbonyl (C=O) groups is 1. The van der Waals surface area contributed by atoms with E-state index in [1.165, 1.54) is 44.3 Å². The number of aliphatic hydroxyl groups excluding tert-OH is 1. The van der Waals surface area contributed by atoms with Crippen molar-refractivity contribution in [3.8, 4) is 5.75 Å². The van der Waals surface area contributed by atoms with Crippen molar-refractivity contribution in [1.82, 2.24) is 14.6 Å². The number of hydrogen-bond acceptors (Lipinski definition) is 10. The quantitative estimate of drug-likeness (QED) is 0.137. The van der Waals surface area contributed by atoms with Crippen molar-refractivity contribution in [3.63, 3.8) is 0 Å². The van der Waals surface area contributed by atoms with Crippen molar-refractivity contribution < 1.29 is 33.0 Å². The second kappa shape index (κ2) is 13.0. The van der Waals surface area contributed by atoms with E-state index in [-0.39, 0.29) is 12.4 Å². The number of esters is 1. The van der Waals surface area contributed by atoms with Gasteiger partial charge in [-0.3, -0.25) is 28.7 Å². The summed E-state index contributed by atoms with van der Waals surface area (Å²) in [5, 5.41) is 14.0. The van der Waals surface area contributed by atoms with Gasteiger partial charge in [-0.05, 0) is 51.3 Å². The van der Waals surface area contributed by atoms with E-state index >= 15 is 0 Å². The summed E-state index contributed by atoms with van der Waals surface area (Å²) >= 11 is 5.92. The number of hydrogen-bond donors (Lipinski definition) is 3. The van der Waals surface area contributed by atoms with E-state index in [0.717, 1.165) is 17.1 Å². The SMILES string of the molecule is C=N[C@]1(C)[C@H](O)[C@@H](COP(=O)(N[C@@H](C)C(=O)OCCCC)Oc2ccc(Cl)cc2)O[C@H]1n1ccc(=O)[nH]c1=O. The molecule has 1 saturated heterocycles. The maximum absolute atomic E-state index is 13.8. The minimum atomic E-state index is -4.29. The van der Waals surface area contributed by atoms with E-state index in [9.17, 15) is 24.1 Å². The highest BCUT2D eigenvalue weighted by Crippen LogP contribution is 2.47. The molecule has 0 radical (unpaired) electrons. The summed E-state index contributed by atoms with van der Waals surface area (Å²) in [5.74, 6) is -0.532. The van der Waals surface area contributed by atoms with Gasteiger partial charge < -0.3 is 19.1 Å². The molecule has 6 atom stereocenters. The van der Waals surface area contributed by atoms with Crippen LogP contribution < -0.4 is 20.9 Å². The molecule has 2 heterocycles. The van der Waals surface area contributed by atoms with Gasteiger partial charge in [0.1, 0.15) is 29.5 Å². The fourth-order valence-corrected chi connectivity index (χ4v) is 5.42. The molecular weight excluding hydrogens is 555 g/mol. The van der Waals surface area contributed by atoms with Crippen LogP contribution in [0.1, 0.15) is 39.8 Å². The van der Waals surface area contributed by atoms with Crippen LogP contribution in [0, 0.1) is 0 Å². The Kier molecular flexibility index (Phi) is 10.3. The molecule has 2 aromatic rings. The average molecular weight is 587 g/mol. The van der Waals surface area contributed by atoms with Crippen LogP contribution in [0.2, 0.25) is 5.02 Å². The van der Waals surface area contributed by atoms with Crippen LogP contribution in [0.5, 0.6) is 5.75 Å². The summed E-state index contributed by atoms with van der Waals surface area (Å²) in [4.78, 5) is 42.4. The molecule has 15 heteroatoms. The number of aromatic nitrogens is 2. The van der Waals surface area contributed by atoms with Crippen LogP contribution >= 0.6 is 19.3 Å². The Morgan fingerprint density at radius 3 is 2.67 bits per heavy atom. The molecule has 39 heavy (non-hydrogen) atoms. The van der Waals surface area contributed by atoms with Crippen molar-refractivity contribution in [2.45, 2.75) is 63.6 Å². The molecule has 1 unspecified atom stereocenters. The molecule has 13 nitrogen and oxygen atoms in total. The highest BCUT2D eigenvalue weighted by molar-refractivity contribution is 7.52. The summed E-state index contributed by atoms with van der Waals surface area (Å²) in [6, 6.07) is 5.98. The van der Waals surface area contributed by atoms with E-state index in [0.29, 0.717) is 11.4 Å². The molecule has 1 aliphatic heterocycles. The van der Waals surface area contributed by atoms with Crippen LogP contribution in [0.15, 0.2) is 51.1 Å². The van der Waals surface area contributed by atoms with Crippen molar-refractivity contribution in [2.24, 2.45) is 4.99 Å². The maximum atomic E-state index is 13.8. The lowest BCUT2D eigenvalue weighted by Gasteiger charge is -2.28.